The average molecular weight is 295 g/mol. The van der Waals surface area contributed by atoms with Crippen molar-refractivity contribution in [1.29, 1.82) is 0 Å². The summed E-state index contributed by atoms with van der Waals surface area (Å²) >= 11 is 1.71. The molecule has 0 aliphatic carbocycles. The molecule has 0 N–H and O–H groups in total. The van der Waals surface area contributed by atoms with E-state index in [1.165, 1.54) is 11.1 Å². The number of hydrogen-bond acceptors (Lipinski definition) is 3. The maximum atomic E-state index is 4.32. The van der Waals surface area contributed by atoms with Crippen LogP contribution in [0.3, 0.4) is 0 Å². The monoisotopic (exact) mass is 295 g/mol. The molecule has 3 rings (SSSR count). The fourth-order valence-corrected chi connectivity index (χ4v) is 3.20. The third-order valence-corrected chi connectivity index (χ3v) is 4.36. The number of rotatable bonds is 4. The normalized spacial score (nSPS) is 10.8. The van der Waals surface area contributed by atoms with Gasteiger partial charge in [0.1, 0.15) is 5.82 Å². The van der Waals surface area contributed by atoms with Gasteiger partial charge in [-0.05, 0) is 31.0 Å². The standard InChI is InChI=1S/C17H17N3S/c1-13-8-6-7-11-16(13)20-14(2)18-19-17(20)21-12-15-9-4-3-5-10-15/h3-11H,12H2,1-2H3. The molecule has 106 valence electrons. The van der Waals surface area contributed by atoms with Gasteiger partial charge in [-0.25, -0.2) is 0 Å². The summed E-state index contributed by atoms with van der Waals surface area (Å²) in [6, 6.07) is 18.7. The zero-order valence-electron chi connectivity index (χ0n) is 12.2. The molecule has 3 nitrogen and oxygen atoms in total. The molecule has 3 aromatic rings. The molecule has 0 atom stereocenters. The predicted octanol–water partition coefficient (Wildman–Crippen LogP) is 4.18. The van der Waals surface area contributed by atoms with Crippen LogP contribution in [0.15, 0.2) is 59.8 Å². The Bertz CT molecular complexity index is 735. The molecule has 0 saturated heterocycles. The fraction of sp³-hybridized carbons (Fsp3) is 0.176. The maximum absolute atomic E-state index is 4.32. The number of thioether (sulfide) groups is 1. The second kappa shape index (κ2) is 6.14. The van der Waals surface area contributed by atoms with Crippen molar-refractivity contribution in [3.8, 4) is 5.69 Å². The van der Waals surface area contributed by atoms with Crippen LogP contribution in [0.4, 0.5) is 0 Å². The lowest BCUT2D eigenvalue weighted by atomic mass is 10.2. The topological polar surface area (TPSA) is 30.7 Å². The molecule has 4 heteroatoms. The number of hydrogen-bond donors (Lipinski definition) is 0. The highest BCUT2D eigenvalue weighted by atomic mass is 32.2. The zero-order chi connectivity index (χ0) is 14.7. The van der Waals surface area contributed by atoms with E-state index in [1.54, 1.807) is 11.8 Å². The zero-order valence-corrected chi connectivity index (χ0v) is 13.0. The molecule has 0 bridgehead atoms. The van der Waals surface area contributed by atoms with Crippen molar-refractivity contribution in [2.24, 2.45) is 0 Å². The van der Waals surface area contributed by atoms with Crippen molar-refractivity contribution in [2.75, 3.05) is 0 Å². The van der Waals surface area contributed by atoms with Gasteiger partial charge in [-0.15, -0.1) is 10.2 Å². The Kier molecular flexibility index (Phi) is 4.06. The molecule has 0 radical (unpaired) electrons. The Morgan fingerprint density at radius 3 is 2.38 bits per heavy atom. The van der Waals surface area contributed by atoms with Crippen molar-refractivity contribution in [3.63, 3.8) is 0 Å². The third kappa shape index (κ3) is 3.00. The van der Waals surface area contributed by atoms with Crippen molar-refractivity contribution in [3.05, 3.63) is 71.5 Å². The van der Waals surface area contributed by atoms with Crippen LogP contribution in [-0.4, -0.2) is 14.8 Å². The minimum atomic E-state index is 0.894. The van der Waals surface area contributed by atoms with Crippen LogP contribution in [0.1, 0.15) is 17.0 Å². The molecule has 1 aromatic heterocycles. The highest BCUT2D eigenvalue weighted by Crippen LogP contribution is 2.26. The molecule has 0 aliphatic rings. The van der Waals surface area contributed by atoms with Gasteiger partial charge >= 0.3 is 0 Å². The van der Waals surface area contributed by atoms with Crippen LogP contribution in [-0.2, 0) is 5.75 Å². The van der Waals surface area contributed by atoms with E-state index in [9.17, 15) is 0 Å². The molecular formula is C17H17N3S. The summed E-state index contributed by atoms with van der Waals surface area (Å²) in [5, 5.41) is 9.50. The molecule has 1 heterocycles. The van der Waals surface area contributed by atoms with Crippen LogP contribution in [0.25, 0.3) is 5.69 Å². The third-order valence-electron chi connectivity index (χ3n) is 3.36. The van der Waals surface area contributed by atoms with Crippen LogP contribution >= 0.6 is 11.8 Å². The first-order chi connectivity index (χ1) is 10.3. The first-order valence-corrected chi connectivity index (χ1v) is 7.89. The lowest BCUT2D eigenvalue weighted by Gasteiger charge is -2.11. The number of aromatic nitrogens is 3. The van der Waals surface area contributed by atoms with E-state index in [4.69, 9.17) is 0 Å². The molecule has 0 saturated carbocycles. The molecule has 0 unspecified atom stereocenters. The summed E-state index contributed by atoms with van der Waals surface area (Å²) in [4.78, 5) is 0. The summed E-state index contributed by atoms with van der Waals surface area (Å²) in [5.74, 6) is 1.81. The summed E-state index contributed by atoms with van der Waals surface area (Å²) in [6.07, 6.45) is 0. The fourth-order valence-electron chi connectivity index (χ4n) is 2.25. The van der Waals surface area contributed by atoms with E-state index in [2.05, 4.69) is 64.2 Å². The highest BCUT2D eigenvalue weighted by molar-refractivity contribution is 7.98. The quantitative estimate of drug-likeness (QED) is 0.677. The highest BCUT2D eigenvalue weighted by Gasteiger charge is 2.12. The van der Waals surface area contributed by atoms with Gasteiger partial charge in [0, 0.05) is 5.75 Å². The average Bonchev–Trinajstić information content (AvgIpc) is 2.88. The number of nitrogens with zero attached hydrogens (tertiary/aromatic N) is 3. The minimum absolute atomic E-state index is 0.894. The Labute approximate surface area is 129 Å². The summed E-state index contributed by atoms with van der Waals surface area (Å²) in [5.41, 5.74) is 3.66. The molecular weight excluding hydrogens is 278 g/mol. The van der Waals surface area contributed by atoms with Crippen LogP contribution in [0, 0.1) is 13.8 Å². The largest absolute Gasteiger partial charge is 0.274 e. The van der Waals surface area contributed by atoms with Gasteiger partial charge in [0.2, 0.25) is 0 Å². The Morgan fingerprint density at radius 2 is 1.62 bits per heavy atom. The summed E-state index contributed by atoms with van der Waals surface area (Å²) < 4.78 is 2.13. The van der Waals surface area contributed by atoms with Crippen molar-refractivity contribution < 1.29 is 0 Å². The smallest absolute Gasteiger partial charge is 0.196 e. The second-order valence-corrected chi connectivity index (χ2v) is 5.87. The van der Waals surface area contributed by atoms with Gasteiger partial charge in [-0.1, -0.05) is 60.3 Å². The van der Waals surface area contributed by atoms with E-state index in [0.29, 0.717) is 0 Å². The van der Waals surface area contributed by atoms with Gasteiger partial charge in [0.15, 0.2) is 5.16 Å². The SMILES string of the molecule is Cc1ccccc1-n1c(C)nnc1SCc1ccccc1. The van der Waals surface area contributed by atoms with E-state index in [0.717, 1.165) is 22.4 Å². The van der Waals surface area contributed by atoms with Crippen molar-refractivity contribution >= 4 is 11.8 Å². The maximum Gasteiger partial charge on any atom is 0.196 e. The van der Waals surface area contributed by atoms with Gasteiger partial charge in [-0.2, -0.15) is 0 Å². The summed E-state index contributed by atoms with van der Waals surface area (Å²) in [7, 11) is 0. The van der Waals surface area contributed by atoms with Gasteiger partial charge in [0.25, 0.3) is 0 Å². The van der Waals surface area contributed by atoms with Crippen molar-refractivity contribution in [2.45, 2.75) is 24.8 Å². The molecule has 21 heavy (non-hydrogen) atoms. The van der Waals surface area contributed by atoms with Crippen LogP contribution in [0.5, 0.6) is 0 Å². The van der Waals surface area contributed by atoms with Gasteiger partial charge < -0.3 is 0 Å². The molecule has 2 aromatic carbocycles. The van der Waals surface area contributed by atoms with E-state index in [-0.39, 0.29) is 0 Å². The first-order valence-electron chi connectivity index (χ1n) is 6.90. The Hall–Kier alpha value is -2.07. The van der Waals surface area contributed by atoms with Gasteiger partial charge in [-0.3, -0.25) is 4.57 Å². The van der Waals surface area contributed by atoms with Crippen LogP contribution < -0.4 is 0 Å². The first kappa shape index (κ1) is 13.9. The Morgan fingerprint density at radius 1 is 0.905 bits per heavy atom. The number of benzene rings is 2. The predicted molar refractivity (Wildman–Crippen MR) is 86.8 cm³/mol. The number of aryl methyl sites for hydroxylation is 2. The molecule has 0 spiro atoms. The van der Waals surface area contributed by atoms with Crippen LogP contribution in [0.2, 0.25) is 0 Å². The summed E-state index contributed by atoms with van der Waals surface area (Å²) in [6.45, 7) is 4.10. The lowest BCUT2D eigenvalue weighted by Crippen LogP contribution is -2.01. The molecule has 0 amide bonds. The number of para-hydroxylation sites is 1. The molecule has 0 aliphatic heterocycles. The molecule has 0 fully saturated rings. The van der Waals surface area contributed by atoms with Gasteiger partial charge in [0.05, 0.1) is 5.69 Å². The van der Waals surface area contributed by atoms with E-state index < -0.39 is 0 Å². The lowest BCUT2D eigenvalue weighted by molar-refractivity contribution is 0.862. The van der Waals surface area contributed by atoms with Crippen molar-refractivity contribution in [1.82, 2.24) is 14.8 Å². The van der Waals surface area contributed by atoms with E-state index >= 15 is 0 Å². The van der Waals surface area contributed by atoms with E-state index in [1.807, 2.05) is 19.1 Å². The Balaban J connectivity index is 1.89. The minimum Gasteiger partial charge on any atom is -0.274 e. The second-order valence-electron chi connectivity index (χ2n) is 4.93.